The maximum atomic E-state index is 13.0. The molecule has 0 aliphatic carbocycles. The number of rotatable bonds is 7. The monoisotopic (exact) mass is 408 g/mol. The van der Waals surface area contributed by atoms with E-state index in [0.29, 0.717) is 25.8 Å². The van der Waals surface area contributed by atoms with Crippen LogP contribution in [0.25, 0.3) is 0 Å². The highest BCUT2D eigenvalue weighted by molar-refractivity contribution is 7.10. The Morgan fingerprint density at radius 1 is 1.36 bits per heavy atom. The quantitative estimate of drug-likeness (QED) is 0.662. The van der Waals surface area contributed by atoms with E-state index in [1.54, 1.807) is 18.3 Å². The van der Waals surface area contributed by atoms with E-state index >= 15 is 0 Å². The largest absolute Gasteiger partial charge is 0.388 e. The van der Waals surface area contributed by atoms with Crippen molar-refractivity contribution in [3.05, 3.63) is 22.4 Å². The van der Waals surface area contributed by atoms with Gasteiger partial charge in [0, 0.05) is 24.3 Å². The highest BCUT2D eigenvalue weighted by atomic mass is 32.1. The maximum absolute atomic E-state index is 13.0. The third kappa shape index (κ3) is 6.05. The molecule has 2 heterocycles. The van der Waals surface area contributed by atoms with Crippen LogP contribution in [0.2, 0.25) is 0 Å². The molecule has 1 aromatic rings. The van der Waals surface area contributed by atoms with E-state index < -0.39 is 11.6 Å². The molecule has 1 aromatic heterocycles. The Morgan fingerprint density at radius 2 is 2.07 bits per heavy atom. The summed E-state index contributed by atoms with van der Waals surface area (Å²) in [4.78, 5) is 28.6. The number of hydrogen-bond donors (Lipinski definition) is 2. The lowest BCUT2D eigenvalue weighted by Gasteiger charge is -2.49. The van der Waals surface area contributed by atoms with Gasteiger partial charge in [-0.05, 0) is 36.6 Å². The fourth-order valence-corrected chi connectivity index (χ4v) is 4.70. The van der Waals surface area contributed by atoms with Crippen LogP contribution in [0.15, 0.2) is 17.5 Å². The van der Waals surface area contributed by atoms with E-state index in [2.05, 4.69) is 12.2 Å². The average Bonchev–Trinajstić information content (AvgIpc) is 3.09. The molecule has 0 saturated carbocycles. The number of amides is 2. The highest BCUT2D eigenvalue weighted by Crippen LogP contribution is 2.39. The van der Waals surface area contributed by atoms with Gasteiger partial charge in [0.25, 0.3) is 0 Å². The van der Waals surface area contributed by atoms with Gasteiger partial charge in [0.1, 0.15) is 0 Å². The van der Waals surface area contributed by atoms with E-state index in [-0.39, 0.29) is 23.3 Å². The van der Waals surface area contributed by atoms with E-state index in [4.69, 9.17) is 0 Å². The number of hydrogen-bond acceptors (Lipinski definition) is 4. The molecule has 2 N–H and O–H groups in total. The lowest BCUT2D eigenvalue weighted by molar-refractivity contribution is -0.146. The summed E-state index contributed by atoms with van der Waals surface area (Å²) in [6.07, 6.45) is 4.32. The summed E-state index contributed by atoms with van der Waals surface area (Å²) >= 11 is 1.57. The standard InChI is InChI=1S/C22H36N2O3S/c1-6-7-8-11-18(26)24-13-12-22(5,27)20(19(24)16-10-9-14-28-16)23-17(25)15-21(2,3)4/h9-10,14,19-20,27H,6-8,11-13,15H2,1-5H3,(H,23,25)/t19-,20-,22+/m0/s1. The van der Waals surface area contributed by atoms with Crippen molar-refractivity contribution < 1.29 is 14.7 Å². The Morgan fingerprint density at radius 3 is 2.64 bits per heavy atom. The minimum absolute atomic E-state index is 0.0837. The Kier molecular flexibility index (Phi) is 7.68. The third-order valence-electron chi connectivity index (χ3n) is 5.34. The Labute approximate surface area is 173 Å². The van der Waals surface area contributed by atoms with Gasteiger partial charge in [-0.15, -0.1) is 11.3 Å². The van der Waals surface area contributed by atoms with Crippen molar-refractivity contribution in [1.82, 2.24) is 10.2 Å². The van der Waals surface area contributed by atoms with Gasteiger partial charge in [-0.3, -0.25) is 9.59 Å². The molecule has 1 aliphatic heterocycles. The first-order valence-corrected chi connectivity index (χ1v) is 11.3. The number of likely N-dealkylation sites (tertiary alicyclic amines) is 1. The molecule has 1 aliphatic rings. The molecule has 1 saturated heterocycles. The zero-order valence-corrected chi connectivity index (χ0v) is 18.8. The van der Waals surface area contributed by atoms with Gasteiger partial charge in [-0.25, -0.2) is 0 Å². The van der Waals surface area contributed by atoms with Crippen molar-refractivity contribution in [2.45, 2.75) is 90.8 Å². The van der Waals surface area contributed by atoms with Gasteiger partial charge < -0.3 is 15.3 Å². The minimum atomic E-state index is -1.07. The van der Waals surface area contributed by atoms with Crippen LogP contribution in [-0.2, 0) is 9.59 Å². The summed E-state index contributed by atoms with van der Waals surface area (Å²) in [5.74, 6) is 0.0250. The van der Waals surface area contributed by atoms with Crippen molar-refractivity contribution in [3.8, 4) is 0 Å². The normalized spacial score (nSPS) is 25.6. The second-order valence-corrected chi connectivity index (χ2v) is 10.4. The van der Waals surface area contributed by atoms with Crippen LogP contribution in [0.5, 0.6) is 0 Å². The van der Waals surface area contributed by atoms with E-state index in [1.807, 2.05) is 43.2 Å². The van der Waals surface area contributed by atoms with Crippen LogP contribution in [0.4, 0.5) is 0 Å². The number of unbranched alkanes of at least 4 members (excludes halogenated alkanes) is 2. The van der Waals surface area contributed by atoms with Crippen molar-refractivity contribution in [2.24, 2.45) is 5.41 Å². The molecule has 0 bridgehead atoms. The van der Waals surface area contributed by atoms with Crippen molar-refractivity contribution in [2.75, 3.05) is 6.54 Å². The number of carbonyl (C=O) groups excluding carboxylic acids is 2. The Bertz CT molecular complexity index is 649. The van der Waals surface area contributed by atoms with Gasteiger partial charge in [-0.1, -0.05) is 46.6 Å². The number of carbonyl (C=O) groups is 2. The molecule has 3 atom stereocenters. The van der Waals surface area contributed by atoms with E-state index in [9.17, 15) is 14.7 Å². The smallest absolute Gasteiger partial charge is 0.223 e. The number of piperidine rings is 1. The molecular weight excluding hydrogens is 372 g/mol. The zero-order valence-electron chi connectivity index (χ0n) is 18.0. The van der Waals surface area contributed by atoms with Crippen LogP contribution in [0.1, 0.15) is 84.1 Å². The number of nitrogens with one attached hydrogen (secondary N) is 1. The molecule has 0 aromatic carbocycles. The molecule has 28 heavy (non-hydrogen) atoms. The lowest BCUT2D eigenvalue weighted by atomic mass is 9.81. The molecular formula is C22H36N2O3S. The maximum Gasteiger partial charge on any atom is 0.223 e. The second kappa shape index (κ2) is 9.40. The fourth-order valence-electron chi connectivity index (χ4n) is 3.83. The summed E-state index contributed by atoms with van der Waals surface area (Å²) in [7, 11) is 0. The van der Waals surface area contributed by atoms with E-state index in [0.717, 1.165) is 24.1 Å². The second-order valence-electron chi connectivity index (χ2n) is 9.39. The third-order valence-corrected chi connectivity index (χ3v) is 6.28. The summed E-state index contributed by atoms with van der Waals surface area (Å²) < 4.78 is 0. The average molecular weight is 409 g/mol. The van der Waals surface area contributed by atoms with Crippen LogP contribution < -0.4 is 5.32 Å². The molecule has 6 heteroatoms. The SMILES string of the molecule is CCCCCC(=O)N1CC[C@@](C)(O)[C@@H](NC(=O)CC(C)(C)C)[C@@H]1c1cccs1. The van der Waals surface area contributed by atoms with Crippen LogP contribution >= 0.6 is 11.3 Å². The first-order valence-electron chi connectivity index (χ1n) is 10.4. The van der Waals surface area contributed by atoms with Gasteiger partial charge in [0.2, 0.25) is 11.8 Å². The predicted octanol–water partition coefficient (Wildman–Crippen LogP) is 4.27. The predicted molar refractivity (Wildman–Crippen MR) is 114 cm³/mol. The van der Waals surface area contributed by atoms with Crippen molar-refractivity contribution >= 4 is 23.2 Å². The van der Waals surface area contributed by atoms with E-state index in [1.165, 1.54) is 0 Å². The number of nitrogens with zero attached hydrogens (tertiary/aromatic N) is 1. The molecule has 2 rings (SSSR count). The molecule has 5 nitrogen and oxygen atoms in total. The lowest BCUT2D eigenvalue weighted by Crippen LogP contribution is -2.63. The molecule has 0 radical (unpaired) electrons. The Balaban J connectivity index is 2.28. The van der Waals surface area contributed by atoms with Gasteiger partial charge in [0.05, 0.1) is 17.7 Å². The van der Waals surface area contributed by atoms with Gasteiger partial charge in [0.15, 0.2) is 0 Å². The number of thiophene rings is 1. The van der Waals surface area contributed by atoms with Crippen LogP contribution in [0.3, 0.4) is 0 Å². The summed E-state index contributed by atoms with van der Waals surface area (Å²) in [5, 5.41) is 16.2. The molecule has 0 unspecified atom stereocenters. The summed E-state index contributed by atoms with van der Waals surface area (Å²) in [6, 6.07) is 3.09. The summed E-state index contributed by atoms with van der Waals surface area (Å²) in [6.45, 7) is 10.5. The van der Waals surface area contributed by atoms with Crippen molar-refractivity contribution in [3.63, 3.8) is 0 Å². The highest BCUT2D eigenvalue weighted by Gasteiger charge is 2.48. The zero-order chi connectivity index (χ0) is 20.9. The van der Waals surface area contributed by atoms with Crippen LogP contribution in [-0.4, -0.2) is 40.0 Å². The first kappa shape index (κ1) is 22.9. The topological polar surface area (TPSA) is 69.6 Å². The van der Waals surface area contributed by atoms with Crippen LogP contribution in [0, 0.1) is 5.41 Å². The van der Waals surface area contributed by atoms with Crippen molar-refractivity contribution in [1.29, 1.82) is 0 Å². The van der Waals surface area contributed by atoms with Gasteiger partial charge >= 0.3 is 0 Å². The fraction of sp³-hybridized carbons (Fsp3) is 0.727. The number of aliphatic hydroxyl groups is 1. The molecule has 1 fully saturated rings. The van der Waals surface area contributed by atoms with Gasteiger partial charge in [-0.2, -0.15) is 0 Å². The molecule has 158 valence electrons. The molecule has 2 amide bonds. The first-order chi connectivity index (χ1) is 13.0. The summed E-state index contributed by atoms with van der Waals surface area (Å²) in [5.41, 5.74) is -1.21. The molecule has 0 spiro atoms. The minimum Gasteiger partial charge on any atom is -0.388 e. The Hall–Kier alpha value is -1.40.